The standard InChI is InChI=1S/C12H15N5O3/c1-5-6(3-18)8(19)2-7(5)17-4-14-9-10(17)15-12(13)16-11(9)20/h4,6-9,18-19H,1-3H2,(H2,13,16,20)/t6-,7-,8+,9?/m0/s1. The highest BCUT2D eigenvalue weighted by Gasteiger charge is 2.44. The highest BCUT2D eigenvalue weighted by Crippen LogP contribution is 2.35. The SMILES string of the molecule is C=C1[C@H](CO)[C@H](O)C[C@@H]1N1C=NC2C(=O)N=C(N)N=C21. The lowest BCUT2D eigenvalue weighted by atomic mass is 10.0. The van der Waals surface area contributed by atoms with Gasteiger partial charge in [0.15, 0.2) is 6.04 Å². The molecule has 2 heterocycles. The van der Waals surface area contributed by atoms with E-state index in [1.807, 2.05) is 0 Å². The van der Waals surface area contributed by atoms with Crippen molar-refractivity contribution < 1.29 is 15.0 Å². The molecule has 1 saturated carbocycles. The zero-order chi connectivity index (χ0) is 14.4. The van der Waals surface area contributed by atoms with Crippen molar-refractivity contribution in [1.82, 2.24) is 4.90 Å². The molecule has 1 aliphatic carbocycles. The van der Waals surface area contributed by atoms with E-state index < -0.39 is 18.1 Å². The van der Waals surface area contributed by atoms with E-state index in [1.54, 1.807) is 4.90 Å². The van der Waals surface area contributed by atoms with Gasteiger partial charge in [-0.3, -0.25) is 9.79 Å². The number of hydrogen-bond donors (Lipinski definition) is 3. The van der Waals surface area contributed by atoms with E-state index in [1.165, 1.54) is 6.34 Å². The summed E-state index contributed by atoms with van der Waals surface area (Å²) >= 11 is 0. The summed E-state index contributed by atoms with van der Waals surface area (Å²) in [6.45, 7) is 3.77. The molecule has 0 spiro atoms. The Morgan fingerprint density at radius 1 is 1.50 bits per heavy atom. The highest BCUT2D eigenvalue weighted by atomic mass is 16.3. The molecule has 1 fully saturated rings. The highest BCUT2D eigenvalue weighted by molar-refractivity contribution is 6.22. The lowest BCUT2D eigenvalue weighted by molar-refractivity contribution is -0.117. The summed E-state index contributed by atoms with van der Waals surface area (Å²) in [7, 11) is 0. The second-order valence-electron chi connectivity index (χ2n) is 5.04. The summed E-state index contributed by atoms with van der Waals surface area (Å²) in [5, 5.41) is 19.2. The predicted octanol–water partition coefficient (Wildman–Crippen LogP) is -1.75. The summed E-state index contributed by atoms with van der Waals surface area (Å²) < 4.78 is 0. The van der Waals surface area contributed by atoms with Gasteiger partial charge in [-0.05, 0) is 12.0 Å². The first-order valence-electron chi connectivity index (χ1n) is 6.28. The Balaban J connectivity index is 1.90. The predicted molar refractivity (Wildman–Crippen MR) is 72.3 cm³/mol. The van der Waals surface area contributed by atoms with Gasteiger partial charge in [0, 0.05) is 5.92 Å². The number of amidine groups is 1. The van der Waals surface area contributed by atoms with Crippen LogP contribution >= 0.6 is 0 Å². The zero-order valence-corrected chi connectivity index (χ0v) is 10.7. The molecular weight excluding hydrogens is 262 g/mol. The molecule has 0 aromatic heterocycles. The van der Waals surface area contributed by atoms with Crippen LogP contribution in [0.5, 0.6) is 0 Å². The zero-order valence-electron chi connectivity index (χ0n) is 10.7. The molecule has 3 aliphatic rings. The minimum atomic E-state index is -0.764. The van der Waals surface area contributed by atoms with Crippen LogP contribution in [-0.4, -0.2) is 63.9 Å². The molecular formula is C12H15N5O3. The van der Waals surface area contributed by atoms with Gasteiger partial charge in [-0.2, -0.15) is 9.98 Å². The summed E-state index contributed by atoms with van der Waals surface area (Å²) in [6.07, 6.45) is 1.22. The van der Waals surface area contributed by atoms with E-state index in [0.717, 1.165) is 0 Å². The van der Waals surface area contributed by atoms with Gasteiger partial charge in [0.2, 0.25) is 5.96 Å². The largest absolute Gasteiger partial charge is 0.396 e. The van der Waals surface area contributed by atoms with E-state index in [4.69, 9.17) is 5.73 Å². The van der Waals surface area contributed by atoms with Gasteiger partial charge >= 0.3 is 0 Å². The van der Waals surface area contributed by atoms with Crippen LogP contribution in [0.15, 0.2) is 27.1 Å². The first kappa shape index (κ1) is 12.9. The molecule has 106 valence electrons. The van der Waals surface area contributed by atoms with Crippen molar-refractivity contribution in [3.05, 3.63) is 12.2 Å². The van der Waals surface area contributed by atoms with Crippen molar-refractivity contribution in [1.29, 1.82) is 0 Å². The molecule has 1 unspecified atom stereocenters. The maximum absolute atomic E-state index is 11.7. The van der Waals surface area contributed by atoms with Gasteiger partial charge in [-0.1, -0.05) is 6.58 Å². The Labute approximate surface area is 115 Å². The molecule has 8 nitrogen and oxygen atoms in total. The number of aliphatic imine (C=N–C) groups is 3. The van der Waals surface area contributed by atoms with Crippen molar-refractivity contribution in [2.75, 3.05) is 6.61 Å². The van der Waals surface area contributed by atoms with Gasteiger partial charge in [0.25, 0.3) is 5.91 Å². The van der Waals surface area contributed by atoms with E-state index in [9.17, 15) is 15.0 Å². The monoisotopic (exact) mass is 277 g/mol. The molecule has 0 bridgehead atoms. The molecule has 0 saturated heterocycles. The molecule has 3 rings (SSSR count). The van der Waals surface area contributed by atoms with Crippen LogP contribution in [0, 0.1) is 5.92 Å². The van der Waals surface area contributed by atoms with Crippen molar-refractivity contribution in [2.45, 2.75) is 24.6 Å². The molecule has 8 heteroatoms. The van der Waals surface area contributed by atoms with Crippen molar-refractivity contribution in [2.24, 2.45) is 26.6 Å². The second kappa shape index (κ2) is 4.50. The lowest BCUT2D eigenvalue weighted by Gasteiger charge is -2.27. The maximum atomic E-state index is 11.7. The fourth-order valence-corrected chi connectivity index (χ4v) is 2.82. The molecule has 0 aromatic carbocycles. The number of guanidine groups is 1. The number of fused-ring (bicyclic) bond motifs is 1. The number of nitrogens with two attached hydrogens (primary N) is 1. The number of aliphatic hydroxyl groups excluding tert-OH is 2. The topological polar surface area (TPSA) is 124 Å². The number of carbonyl (C=O) groups excluding carboxylic acids is 1. The van der Waals surface area contributed by atoms with Gasteiger partial charge < -0.3 is 20.8 Å². The molecule has 0 radical (unpaired) electrons. The van der Waals surface area contributed by atoms with E-state index in [-0.39, 0.29) is 24.5 Å². The van der Waals surface area contributed by atoms with Crippen molar-refractivity contribution in [3.8, 4) is 0 Å². The summed E-state index contributed by atoms with van der Waals surface area (Å²) in [4.78, 5) is 25.1. The number of rotatable bonds is 2. The average molecular weight is 277 g/mol. The fraction of sp³-hybridized carbons (Fsp3) is 0.500. The van der Waals surface area contributed by atoms with E-state index >= 15 is 0 Å². The average Bonchev–Trinajstić information content (AvgIpc) is 2.91. The molecule has 4 atom stereocenters. The van der Waals surface area contributed by atoms with Crippen LogP contribution in [0.4, 0.5) is 0 Å². The van der Waals surface area contributed by atoms with Crippen molar-refractivity contribution >= 4 is 24.0 Å². The number of hydrogen-bond acceptors (Lipinski definition) is 7. The number of nitrogens with zero attached hydrogens (tertiary/aromatic N) is 4. The van der Waals surface area contributed by atoms with Crippen molar-refractivity contribution in [3.63, 3.8) is 0 Å². The molecule has 20 heavy (non-hydrogen) atoms. The molecule has 0 aromatic rings. The van der Waals surface area contributed by atoms with Crippen LogP contribution in [0.1, 0.15) is 6.42 Å². The van der Waals surface area contributed by atoms with Crippen LogP contribution in [0.3, 0.4) is 0 Å². The quantitative estimate of drug-likeness (QED) is 0.516. The Bertz CT molecular complexity index is 567. The van der Waals surface area contributed by atoms with E-state index in [0.29, 0.717) is 17.8 Å². The van der Waals surface area contributed by atoms with Gasteiger partial charge in [-0.25, -0.2) is 0 Å². The third-order valence-corrected chi connectivity index (χ3v) is 3.90. The Hall–Kier alpha value is -2.06. The summed E-state index contributed by atoms with van der Waals surface area (Å²) in [5.41, 5.74) is 6.20. The maximum Gasteiger partial charge on any atom is 0.281 e. The molecule has 4 N–H and O–H groups in total. The molecule has 1 amide bonds. The summed E-state index contributed by atoms with van der Waals surface area (Å²) in [5.74, 6) is -0.522. The number of aliphatic hydroxyl groups is 2. The smallest absolute Gasteiger partial charge is 0.281 e. The van der Waals surface area contributed by atoms with Gasteiger partial charge in [0.05, 0.1) is 25.1 Å². The van der Waals surface area contributed by atoms with E-state index in [2.05, 4.69) is 21.6 Å². The first-order valence-corrected chi connectivity index (χ1v) is 6.28. The van der Waals surface area contributed by atoms with Crippen LogP contribution < -0.4 is 5.73 Å². The Morgan fingerprint density at radius 2 is 2.25 bits per heavy atom. The number of carbonyl (C=O) groups is 1. The van der Waals surface area contributed by atoms with Gasteiger partial charge in [-0.15, -0.1) is 0 Å². The minimum Gasteiger partial charge on any atom is -0.396 e. The Morgan fingerprint density at radius 3 is 2.90 bits per heavy atom. The third kappa shape index (κ3) is 1.76. The summed E-state index contributed by atoms with van der Waals surface area (Å²) in [6, 6.07) is -1.02. The normalized spacial score (nSPS) is 36.2. The number of amides is 1. The van der Waals surface area contributed by atoms with Crippen LogP contribution in [0.25, 0.3) is 0 Å². The van der Waals surface area contributed by atoms with Crippen LogP contribution in [0.2, 0.25) is 0 Å². The van der Waals surface area contributed by atoms with Crippen LogP contribution in [-0.2, 0) is 4.79 Å². The Kier molecular flexibility index (Phi) is 2.91. The van der Waals surface area contributed by atoms with Gasteiger partial charge in [0.1, 0.15) is 5.84 Å². The lowest BCUT2D eigenvalue weighted by Crippen LogP contribution is -2.44. The fourth-order valence-electron chi connectivity index (χ4n) is 2.82. The second-order valence-corrected chi connectivity index (χ2v) is 5.04. The minimum absolute atomic E-state index is 0.0976. The molecule has 2 aliphatic heterocycles. The third-order valence-electron chi connectivity index (χ3n) is 3.90. The first-order chi connectivity index (χ1) is 9.52.